The summed E-state index contributed by atoms with van der Waals surface area (Å²) in [7, 11) is 0. The lowest BCUT2D eigenvalue weighted by molar-refractivity contribution is 0.0858. The topological polar surface area (TPSA) is 17.1 Å². The summed E-state index contributed by atoms with van der Waals surface area (Å²) in [5.41, 5.74) is 1.72. The minimum atomic E-state index is -0.321. The van der Waals surface area contributed by atoms with Gasteiger partial charge < -0.3 is 0 Å². The summed E-state index contributed by atoms with van der Waals surface area (Å²) < 4.78 is 0. The van der Waals surface area contributed by atoms with Gasteiger partial charge in [-0.1, -0.05) is 56.7 Å². The zero-order valence-electron chi connectivity index (χ0n) is 10.9. The zero-order valence-corrected chi connectivity index (χ0v) is 10.9. The first-order valence-corrected chi connectivity index (χ1v) is 5.93. The lowest BCUT2D eigenvalue weighted by Gasteiger charge is -2.16. The smallest absolute Gasteiger partial charge is 0.168 e. The molecule has 0 N–H and O–H groups in total. The molecule has 88 valence electrons. The number of fused-ring (bicyclic) bond motifs is 1. The fourth-order valence-corrected chi connectivity index (χ4v) is 1.94. The van der Waals surface area contributed by atoms with E-state index in [1.54, 1.807) is 0 Å². The Morgan fingerprint density at radius 2 is 1.53 bits per heavy atom. The molecule has 2 aromatic carbocycles. The van der Waals surface area contributed by atoms with Crippen LogP contribution in [0.4, 0.5) is 0 Å². The summed E-state index contributed by atoms with van der Waals surface area (Å²) in [5, 5.41) is 2.32. The van der Waals surface area contributed by atoms with Crippen LogP contribution in [0.2, 0.25) is 0 Å². The van der Waals surface area contributed by atoms with E-state index in [1.807, 2.05) is 39.0 Å². The predicted octanol–water partition coefficient (Wildman–Crippen LogP) is 4.38. The van der Waals surface area contributed by atoms with Crippen LogP contribution in [-0.2, 0) is 0 Å². The maximum Gasteiger partial charge on any atom is 0.168 e. The molecule has 0 aromatic heterocycles. The number of carbonyl (C=O) groups excluding carboxylic acids is 1. The largest absolute Gasteiger partial charge is 0.294 e. The van der Waals surface area contributed by atoms with Crippen molar-refractivity contribution in [3.8, 4) is 0 Å². The molecule has 0 bridgehead atoms. The molecule has 0 heterocycles. The van der Waals surface area contributed by atoms with Crippen LogP contribution < -0.4 is 0 Å². The van der Waals surface area contributed by atoms with E-state index in [0.717, 1.165) is 10.9 Å². The first kappa shape index (κ1) is 11.8. The van der Waals surface area contributed by atoms with Crippen molar-refractivity contribution in [2.45, 2.75) is 27.7 Å². The normalized spacial score (nSPS) is 11.8. The molecule has 0 aliphatic rings. The van der Waals surface area contributed by atoms with Gasteiger partial charge in [0.25, 0.3) is 0 Å². The van der Waals surface area contributed by atoms with E-state index in [9.17, 15) is 4.79 Å². The van der Waals surface area contributed by atoms with Gasteiger partial charge in [0.1, 0.15) is 0 Å². The van der Waals surface area contributed by atoms with Crippen LogP contribution in [0.5, 0.6) is 0 Å². The Morgan fingerprint density at radius 3 is 2.18 bits per heavy atom. The van der Waals surface area contributed by atoms with Gasteiger partial charge in [0.15, 0.2) is 5.78 Å². The van der Waals surface area contributed by atoms with Crippen LogP contribution >= 0.6 is 0 Å². The lowest BCUT2D eigenvalue weighted by atomic mass is 9.86. The van der Waals surface area contributed by atoms with Crippen molar-refractivity contribution in [2.24, 2.45) is 5.41 Å². The van der Waals surface area contributed by atoms with Crippen molar-refractivity contribution in [3.05, 3.63) is 47.5 Å². The van der Waals surface area contributed by atoms with Gasteiger partial charge in [0, 0.05) is 11.0 Å². The second-order valence-corrected chi connectivity index (χ2v) is 5.64. The minimum Gasteiger partial charge on any atom is -0.294 e. The monoisotopic (exact) mass is 226 g/mol. The molecule has 0 saturated heterocycles. The van der Waals surface area contributed by atoms with Crippen LogP contribution in [0.15, 0.2) is 36.4 Å². The van der Waals surface area contributed by atoms with E-state index in [-0.39, 0.29) is 11.2 Å². The highest BCUT2D eigenvalue weighted by Gasteiger charge is 2.22. The first-order chi connectivity index (χ1) is 7.88. The second kappa shape index (κ2) is 3.99. The van der Waals surface area contributed by atoms with Gasteiger partial charge in [0.2, 0.25) is 0 Å². The fourth-order valence-electron chi connectivity index (χ4n) is 1.94. The zero-order chi connectivity index (χ0) is 12.6. The average Bonchev–Trinajstić information content (AvgIpc) is 2.26. The Morgan fingerprint density at radius 1 is 0.941 bits per heavy atom. The summed E-state index contributed by atoms with van der Waals surface area (Å²) in [4.78, 5) is 12.2. The molecule has 2 rings (SSSR count). The number of Topliss-reactive ketones (excluding diaryl/α,β-unsaturated/α-hetero) is 1. The predicted molar refractivity (Wildman–Crippen MR) is 72.5 cm³/mol. The van der Waals surface area contributed by atoms with E-state index in [4.69, 9.17) is 0 Å². The third-order valence-electron chi connectivity index (χ3n) is 2.94. The van der Waals surface area contributed by atoms with E-state index >= 15 is 0 Å². The molecule has 0 fully saturated rings. The number of carbonyl (C=O) groups is 1. The molecule has 1 nitrogen and oxygen atoms in total. The highest BCUT2D eigenvalue weighted by molar-refractivity contribution is 6.02. The van der Waals surface area contributed by atoms with Crippen LogP contribution in [0.25, 0.3) is 10.8 Å². The molecule has 0 unspecified atom stereocenters. The van der Waals surface area contributed by atoms with Gasteiger partial charge in [-0.15, -0.1) is 0 Å². The van der Waals surface area contributed by atoms with Crippen molar-refractivity contribution >= 4 is 16.6 Å². The van der Waals surface area contributed by atoms with E-state index in [0.29, 0.717) is 0 Å². The molecule has 17 heavy (non-hydrogen) atoms. The Kier molecular flexibility index (Phi) is 2.78. The highest BCUT2D eigenvalue weighted by atomic mass is 16.1. The molecular formula is C16H18O. The fraction of sp³-hybridized carbons (Fsp3) is 0.312. The van der Waals surface area contributed by atoms with Crippen molar-refractivity contribution < 1.29 is 4.79 Å². The summed E-state index contributed by atoms with van der Waals surface area (Å²) >= 11 is 0. The van der Waals surface area contributed by atoms with E-state index in [2.05, 4.69) is 25.1 Å². The number of hydrogen-bond donors (Lipinski definition) is 0. The molecule has 0 spiro atoms. The number of ketones is 1. The molecule has 0 aliphatic carbocycles. The Bertz CT molecular complexity index is 574. The SMILES string of the molecule is Cc1ccc2cc(C(=O)C(C)(C)C)ccc2c1. The Labute approximate surface area is 102 Å². The van der Waals surface area contributed by atoms with Crippen molar-refractivity contribution in [3.63, 3.8) is 0 Å². The van der Waals surface area contributed by atoms with Gasteiger partial charge in [-0.3, -0.25) is 4.79 Å². The summed E-state index contributed by atoms with van der Waals surface area (Å²) in [6.07, 6.45) is 0. The van der Waals surface area contributed by atoms with Gasteiger partial charge in [-0.25, -0.2) is 0 Å². The van der Waals surface area contributed by atoms with Crippen LogP contribution in [0.3, 0.4) is 0 Å². The Hall–Kier alpha value is -1.63. The lowest BCUT2D eigenvalue weighted by Crippen LogP contribution is -2.19. The Balaban J connectivity index is 2.52. The van der Waals surface area contributed by atoms with Crippen molar-refractivity contribution in [1.29, 1.82) is 0 Å². The van der Waals surface area contributed by atoms with Gasteiger partial charge in [0.05, 0.1) is 0 Å². The second-order valence-electron chi connectivity index (χ2n) is 5.64. The van der Waals surface area contributed by atoms with Gasteiger partial charge >= 0.3 is 0 Å². The highest BCUT2D eigenvalue weighted by Crippen LogP contribution is 2.24. The molecule has 0 saturated carbocycles. The molecular weight excluding hydrogens is 208 g/mol. The number of aryl methyl sites for hydroxylation is 1. The maximum absolute atomic E-state index is 12.2. The minimum absolute atomic E-state index is 0.194. The van der Waals surface area contributed by atoms with Crippen LogP contribution in [-0.4, -0.2) is 5.78 Å². The van der Waals surface area contributed by atoms with Crippen LogP contribution in [0.1, 0.15) is 36.7 Å². The van der Waals surface area contributed by atoms with E-state index in [1.165, 1.54) is 10.9 Å². The average molecular weight is 226 g/mol. The summed E-state index contributed by atoms with van der Waals surface area (Å²) in [6.45, 7) is 7.94. The van der Waals surface area contributed by atoms with E-state index < -0.39 is 0 Å². The first-order valence-electron chi connectivity index (χ1n) is 5.93. The summed E-state index contributed by atoms with van der Waals surface area (Å²) in [5.74, 6) is 0.194. The maximum atomic E-state index is 12.2. The molecule has 1 heteroatoms. The van der Waals surface area contributed by atoms with Crippen molar-refractivity contribution in [1.82, 2.24) is 0 Å². The third-order valence-corrected chi connectivity index (χ3v) is 2.94. The molecule has 0 amide bonds. The third kappa shape index (κ3) is 2.38. The summed E-state index contributed by atoms with van der Waals surface area (Å²) in [6, 6.07) is 12.2. The molecule has 0 radical (unpaired) electrons. The van der Waals surface area contributed by atoms with Crippen molar-refractivity contribution in [2.75, 3.05) is 0 Å². The molecule has 0 aliphatic heterocycles. The quantitative estimate of drug-likeness (QED) is 0.660. The van der Waals surface area contributed by atoms with Gasteiger partial charge in [-0.2, -0.15) is 0 Å². The number of rotatable bonds is 1. The van der Waals surface area contributed by atoms with Gasteiger partial charge in [-0.05, 0) is 23.8 Å². The number of hydrogen-bond acceptors (Lipinski definition) is 1. The molecule has 2 aromatic rings. The van der Waals surface area contributed by atoms with Crippen LogP contribution in [0, 0.1) is 12.3 Å². The standard InChI is InChI=1S/C16H18O/c1-11-5-6-13-10-14(8-7-12(13)9-11)15(17)16(2,3)4/h5-10H,1-4H3. The number of benzene rings is 2. The molecule has 0 atom stereocenters.